The lowest BCUT2D eigenvalue weighted by atomic mass is 10.2. The maximum absolute atomic E-state index is 12.5. The summed E-state index contributed by atoms with van der Waals surface area (Å²) in [7, 11) is -4.03. The Morgan fingerprint density at radius 1 is 1.04 bits per heavy atom. The van der Waals surface area contributed by atoms with Crippen molar-refractivity contribution in [2.45, 2.75) is 18.7 Å². The molecule has 0 spiro atoms. The van der Waals surface area contributed by atoms with Crippen LogP contribution in [0, 0.1) is 13.8 Å². The number of rotatable bonds is 4. The van der Waals surface area contributed by atoms with E-state index in [1.807, 2.05) is 30.5 Å². The molecule has 1 amide bonds. The van der Waals surface area contributed by atoms with Crippen molar-refractivity contribution in [3.8, 4) is 5.69 Å². The van der Waals surface area contributed by atoms with Gasteiger partial charge >= 0.3 is 0 Å². The molecular formula is C19H16BrClN2O3S. The largest absolute Gasteiger partial charge is 0.318 e. The summed E-state index contributed by atoms with van der Waals surface area (Å²) in [5, 5.41) is 0.167. The zero-order valence-corrected chi connectivity index (χ0v) is 17.7. The van der Waals surface area contributed by atoms with Crippen LogP contribution in [0.2, 0.25) is 5.02 Å². The summed E-state index contributed by atoms with van der Waals surface area (Å²) in [4.78, 5) is 12.5. The highest BCUT2D eigenvalue weighted by Crippen LogP contribution is 2.25. The lowest BCUT2D eigenvalue weighted by Gasteiger charge is -2.13. The molecule has 2 aromatic carbocycles. The number of aromatic nitrogens is 1. The highest BCUT2D eigenvalue weighted by Gasteiger charge is 2.22. The summed E-state index contributed by atoms with van der Waals surface area (Å²) in [6.45, 7) is 3.93. The first-order chi connectivity index (χ1) is 12.7. The lowest BCUT2D eigenvalue weighted by Crippen LogP contribution is -2.31. The topological polar surface area (TPSA) is 68.2 Å². The van der Waals surface area contributed by atoms with E-state index in [0.29, 0.717) is 4.47 Å². The minimum atomic E-state index is -4.03. The molecule has 0 saturated carbocycles. The minimum Gasteiger partial charge on any atom is -0.318 e. The first-order valence-electron chi connectivity index (χ1n) is 7.97. The second-order valence-electron chi connectivity index (χ2n) is 5.98. The van der Waals surface area contributed by atoms with Crippen molar-refractivity contribution in [2.24, 2.45) is 0 Å². The van der Waals surface area contributed by atoms with Crippen LogP contribution in [0.5, 0.6) is 0 Å². The van der Waals surface area contributed by atoms with Gasteiger partial charge in [-0.1, -0.05) is 23.7 Å². The number of carbonyl (C=O) groups excluding carboxylic acids is 1. The van der Waals surface area contributed by atoms with Gasteiger partial charge in [0, 0.05) is 21.5 Å². The minimum absolute atomic E-state index is 0.0234. The molecule has 0 saturated heterocycles. The highest BCUT2D eigenvalue weighted by atomic mass is 79.9. The number of hydrogen-bond acceptors (Lipinski definition) is 3. The Morgan fingerprint density at radius 3 is 2.26 bits per heavy atom. The van der Waals surface area contributed by atoms with Gasteiger partial charge < -0.3 is 4.57 Å². The fourth-order valence-corrected chi connectivity index (χ4v) is 5.03. The van der Waals surface area contributed by atoms with Crippen molar-refractivity contribution >= 4 is 43.5 Å². The van der Waals surface area contributed by atoms with Crippen molar-refractivity contribution in [3.05, 3.63) is 81.0 Å². The Kier molecular flexibility index (Phi) is 5.46. The molecule has 0 unspecified atom stereocenters. The molecule has 3 aromatic rings. The van der Waals surface area contributed by atoms with Crippen molar-refractivity contribution in [1.82, 2.24) is 9.29 Å². The average Bonchev–Trinajstić information content (AvgIpc) is 2.93. The van der Waals surface area contributed by atoms with E-state index in [-0.39, 0.29) is 15.5 Å². The molecule has 0 aliphatic heterocycles. The fraction of sp³-hybridized carbons (Fsp3) is 0.105. The highest BCUT2D eigenvalue weighted by molar-refractivity contribution is 9.10. The number of amides is 1. The van der Waals surface area contributed by atoms with Crippen LogP contribution in [0.15, 0.2) is 64.0 Å². The second-order valence-corrected chi connectivity index (χ2v) is 8.89. The first kappa shape index (κ1) is 19.7. The van der Waals surface area contributed by atoms with Gasteiger partial charge in [-0.05, 0) is 72.2 Å². The van der Waals surface area contributed by atoms with Crippen LogP contribution in [0.25, 0.3) is 5.69 Å². The van der Waals surface area contributed by atoms with Crippen molar-refractivity contribution in [1.29, 1.82) is 0 Å². The van der Waals surface area contributed by atoms with E-state index in [9.17, 15) is 13.2 Å². The van der Waals surface area contributed by atoms with Crippen LogP contribution in [0.1, 0.15) is 21.7 Å². The van der Waals surface area contributed by atoms with Crippen molar-refractivity contribution in [3.63, 3.8) is 0 Å². The molecule has 0 radical (unpaired) electrons. The van der Waals surface area contributed by atoms with Gasteiger partial charge in [0.2, 0.25) is 0 Å². The molecule has 0 aliphatic rings. The van der Waals surface area contributed by atoms with E-state index in [2.05, 4.69) is 20.7 Å². The Morgan fingerprint density at radius 2 is 1.67 bits per heavy atom. The van der Waals surface area contributed by atoms with Gasteiger partial charge in [0.15, 0.2) is 0 Å². The van der Waals surface area contributed by atoms with Crippen LogP contribution in [-0.4, -0.2) is 18.9 Å². The molecule has 8 heteroatoms. The monoisotopic (exact) mass is 466 g/mol. The molecule has 0 fully saturated rings. The molecule has 1 N–H and O–H groups in total. The zero-order valence-electron chi connectivity index (χ0n) is 14.5. The van der Waals surface area contributed by atoms with Crippen molar-refractivity contribution < 1.29 is 13.2 Å². The first-order valence-corrected chi connectivity index (χ1v) is 10.6. The third-order valence-corrected chi connectivity index (χ3v) is 6.74. The van der Waals surface area contributed by atoms with E-state index in [4.69, 9.17) is 11.6 Å². The number of hydrogen-bond donors (Lipinski definition) is 1. The molecular weight excluding hydrogens is 452 g/mol. The summed E-state index contributed by atoms with van der Waals surface area (Å²) >= 11 is 9.45. The number of sulfonamides is 1. The standard InChI is InChI=1S/C19H16BrClN2O3S/c1-12-7-8-13(2)23(12)14-9-10-15(17(21)11-14)19(24)22-27(25,26)18-6-4-3-5-16(18)20/h3-11H,1-2H3,(H,22,24). The number of nitrogens with zero attached hydrogens (tertiary/aromatic N) is 1. The summed E-state index contributed by atoms with van der Waals surface area (Å²) < 4.78 is 29.4. The predicted octanol–water partition coefficient (Wildman–Crippen LogP) is 4.63. The average molecular weight is 468 g/mol. The fourth-order valence-electron chi connectivity index (χ4n) is 2.80. The molecule has 1 heterocycles. The van der Waals surface area contributed by atoms with Gasteiger partial charge in [-0.2, -0.15) is 0 Å². The Labute approximate surface area is 171 Å². The van der Waals surface area contributed by atoms with Gasteiger partial charge in [-0.15, -0.1) is 0 Å². The second kappa shape index (κ2) is 7.50. The van der Waals surface area contributed by atoms with Crippen LogP contribution in [0.3, 0.4) is 0 Å². The Hall–Kier alpha value is -2.09. The predicted molar refractivity (Wildman–Crippen MR) is 109 cm³/mol. The molecule has 0 aliphatic carbocycles. The van der Waals surface area contributed by atoms with E-state index in [0.717, 1.165) is 17.1 Å². The molecule has 140 valence electrons. The van der Waals surface area contributed by atoms with Gasteiger partial charge in [0.1, 0.15) is 4.90 Å². The van der Waals surface area contributed by atoms with Gasteiger partial charge in [-0.25, -0.2) is 13.1 Å². The van der Waals surface area contributed by atoms with Crippen LogP contribution >= 0.6 is 27.5 Å². The number of nitrogens with one attached hydrogen (secondary N) is 1. The SMILES string of the molecule is Cc1ccc(C)n1-c1ccc(C(=O)NS(=O)(=O)c2ccccc2Br)c(Cl)c1. The zero-order chi connectivity index (χ0) is 19.8. The third kappa shape index (κ3) is 3.95. The number of halogens is 2. The van der Waals surface area contributed by atoms with Crippen LogP contribution < -0.4 is 4.72 Å². The van der Waals surface area contributed by atoms with Crippen LogP contribution in [-0.2, 0) is 10.0 Å². The van der Waals surface area contributed by atoms with Gasteiger partial charge in [0.25, 0.3) is 15.9 Å². The normalized spacial score (nSPS) is 11.4. The molecule has 3 rings (SSSR count). The maximum Gasteiger partial charge on any atom is 0.266 e. The van der Waals surface area contributed by atoms with Gasteiger partial charge in [0.05, 0.1) is 10.6 Å². The Balaban J connectivity index is 1.91. The van der Waals surface area contributed by atoms with Gasteiger partial charge in [-0.3, -0.25) is 4.79 Å². The number of aryl methyl sites for hydroxylation is 2. The Bertz CT molecular complexity index is 1120. The number of carbonyl (C=O) groups is 1. The summed E-state index contributed by atoms with van der Waals surface area (Å²) in [6, 6.07) is 15.1. The quantitative estimate of drug-likeness (QED) is 0.608. The molecule has 0 bridgehead atoms. The summed E-state index contributed by atoms with van der Waals surface area (Å²) in [5.41, 5.74) is 2.93. The van der Waals surface area contributed by atoms with Crippen molar-refractivity contribution in [2.75, 3.05) is 0 Å². The molecule has 27 heavy (non-hydrogen) atoms. The maximum atomic E-state index is 12.5. The van der Waals surface area contributed by atoms with E-state index in [1.54, 1.807) is 30.3 Å². The molecule has 1 aromatic heterocycles. The van der Waals surface area contributed by atoms with E-state index in [1.165, 1.54) is 12.1 Å². The smallest absolute Gasteiger partial charge is 0.266 e. The van der Waals surface area contributed by atoms with E-state index >= 15 is 0 Å². The molecule has 5 nitrogen and oxygen atoms in total. The third-order valence-electron chi connectivity index (χ3n) is 4.08. The lowest BCUT2D eigenvalue weighted by molar-refractivity contribution is 0.0981. The number of benzene rings is 2. The molecule has 0 atom stereocenters. The summed E-state index contributed by atoms with van der Waals surface area (Å²) in [5.74, 6) is -0.789. The summed E-state index contributed by atoms with van der Waals surface area (Å²) in [6.07, 6.45) is 0. The van der Waals surface area contributed by atoms with E-state index < -0.39 is 15.9 Å². The van der Waals surface area contributed by atoms with Crippen LogP contribution in [0.4, 0.5) is 0 Å².